The van der Waals surface area contributed by atoms with Crippen LogP contribution in [0.15, 0.2) is 48.5 Å². The molecule has 0 aliphatic carbocycles. The summed E-state index contributed by atoms with van der Waals surface area (Å²) >= 11 is 23.3. The number of benzene rings is 2. The molecular weight excluding hydrogens is 425 g/mol. The van der Waals surface area contributed by atoms with Crippen LogP contribution >= 0.6 is 47.0 Å². The Morgan fingerprint density at radius 1 is 1.04 bits per heavy atom. The first-order valence-electron chi connectivity index (χ1n) is 8.20. The van der Waals surface area contributed by atoms with Gasteiger partial charge in [0, 0.05) is 5.69 Å². The predicted molar refractivity (Wildman–Crippen MR) is 118 cm³/mol. The van der Waals surface area contributed by atoms with Gasteiger partial charge in [-0.15, -0.1) is 0 Å². The minimum absolute atomic E-state index is 0.164. The Hall–Kier alpha value is -1.53. The Labute approximate surface area is 179 Å². The molecule has 0 saturated carbocycles. The zero-order chi connectivity index (χ0) is 20.0. The highest BCUT2D eigenvalue weighted by Gasteiger charge is 2.34. The van der Waals surface area contributed by atoms with E-state index >= 15 is 0 Å². The second-order valence-electron chi connectivity index (χ2n) is 6.10. The van der Waals surface area contributed by atoms with Crippen molar-refractivity contribution in [2.45, 2.75) is 30.2 Å². The van der Waals surface area contributed by atoms with Crippen LogP contribution in [0.3, 0.4) is 0 Å². The summed E-state index contributed by atoms with van der Waals surface area (Å²) in [6, 6.07) is 15.1. The van der Waals surface area contributed by atoms with Crippen LogP contribution < -0.4 is 16.0 Å². The van der Waals surface area contributed by atoms with Gasteiger partial charge in [-0.05, 0) is 54.9 Å². The number of carbonyl (C=O) groups excluding carboxylic acids is 1. The molecule has 3 N–H and O–H groups in total. The van der Waals surface area contributed by atoms with Crippen LogP contribution in [0.4, 0.5) is 5.69 Å². The number of thiocarbonyl (C=S) groups is 1. The summed E-state index contributed by atoms with van der Waals surface area (Å²) in [6.45, 7) is 4.03. The lowest BCUT2D eigenvalue weighted by molar-refractivity contribution is -0.121. The highest BCUT2D eigenvalue weighted by molar-refractivity contribution is 7.80. The van der Waals surface area contributed by atoms with Gasteiger partial charge in [-0.1, -0.05) is 71.2 Å². The zero-order valence-corrected chi connectivity index (χ0v) is 17.9. The summed E-state index contributed by atoms with van der Waals surface area (Å²) in [6.07, 6.45) is -0.831. The number of hydrogen-bond donors (Lipinski definition) is 3. The molecule has 2 aromatic carbocycles. The Balaban J connectivity index is 2.00. The van der Waals surface area contributed by atoms with Gasteiger partial charge in [0.1, 0.15) is 6.17 Å². The van der Waals surface area contributed by atoms with E-state index in [1.165, 1.54) is 5.56 Å². The highest BCUT2D eigenvalue weighted by atomic mass is 35.6. The van der Waals surface area contributed by atoms with Crippen molar-refractivity contribution >= 4 is 63.7 Å². The topological polar surface area (TPSA) is 53.2 Å². The molecule has 0 aromatic heterocycles. The van der Waals surface area contributed by atoms with Crippen LogP contribution in [0.5, 0.6) is 0 Å². The highest BCUT2D eigenvalue weighted by Crippen LogP contribution is 2.29. The molecule has 1 amide bonds. The first kappa shape index (κ1) is 21.8. The predicted octanol–water partition coefficient (Wildman–Crippen LogP) is 4.65. The molecule has 1 atom stereocenters. The number of nitrogens with one attached hydrogen (secondary N) is 3. The second-order valence-corrected chi connectivity index (χ2v) is 8.88. The summed E-state index contributed by atoms with van der Waals surface area (Å²) in [5.41, 5.74) is 3.95. The summed E-state index contributed by atoms with van der Waals surface area (Å²) in [5.74, 6) is -0.293. The smallest absolute Gasteiger partial charge is 0.228 e. The average molecular weight is 445 g/mol. The minimum atomic E-state index is -1.79. The van der Waals surface area contributed by atoms with Gasteiger partial charge in [0.15, 0.2) is 5.11 Å². The maximum atomic E-state index is 12.3. The first-order valence-corrected chi connectivity index (χ1v) is 9.74. The lowest BCUT2D eigenvalue weighted by Crippen LogP contribution is -2.56. The van der Waals surface area contributed by atoms with E-state index in [-0.39, 0.29) is 17.4 Å². The molecule has 27 heavy (non-hydrogen) atoms. The summed E-state index contributed by atoms with van der Waals surface area (Å²) in [4.78, 5) is 12.3. The van der Waals surface area contributed by atoms with E-state index in [1.54, 1.807) is 0 Å². The van der Waals surface area contributed by atoms with Crippen molar-refractivity contribution in [2.24, 2.45) is 0 Å². The van der Waals surface area contributed by atoms with Crippen molar-refractivity contribution in [2.75, 3.05) is 5.32 Å². The average Bonchev–Trinajstić information content (AvgIpc) is 2.57. The van der Waals surface area contributed by atoms with Crippen molar-refractivity contribution in [1.82, 2.24) is 10.6 Å². The van der Waals surface area contributed by atoms with Crippen LogP contribution in [0.1, 0.15) is 16.7 Å². The van der Waals surface area contributed by atoms with Crippen molar-refractivity contribution in [1.29, 1.82) is 0 Å². The third-order valence-corrected chi connectivity index (χ3v) is 4.75. The van der Waals surface area contributed by atoms with Crippen molar-refractivity contribution < 1.29 is 4.79 Å². The van der Waals surface area contributed by atoms with Crippen LogP contribution in [0.25, 0.3) is 0 Å². The van der Waals surface area contributed by atoms with Gasteiger partial charge in [-0.25, -0.2) is 0 Å². The lowest BCUT2D eigenvalue weighted by atomic mass is 10.1. The molecule has 0 fully saturated rings. The maximum absolute atomic E-state index is 12.3. The Morgan fingerprint density at radius 3 is 2.30 bits per heavy atom. The van der Waals surface area contributed by atoms with Crippen LogP contribution in [-0.2, 0) is 11.2 Å². The number of halogens is 3. The minimum Gasteiger partial charge on any atom is -0.339 e. The SMILES string of the molecule is Cc1ccc(NC(=S)NC(NC(=O)Cc2ccccc2)C(Cl)(Cl)Cl)cc1C. The Bertz CT molecular complexity index is 810. The van der Waals surface area contributed by atoms with Crippen molar-refractivity contribution in [3.8, 4) is 0 Å². The molecule has 2 rings (SSSR count). The van der Waals surface area contributed by atoms with Crippen LogP contribution in [-0.4, -0.2) is 21.0 Å². The molecular formula is C19H20Cl3N3OS. The molecule has 0 aliphatic heterocycles. The molecule has 0 spiro atoms. The van der Waals surface area contributed by atoms with Gasteiger partial charge in [-0.2, -0.15) is 0 Å². The second kappa shape index (κ2) is 9.60. The van der Waals surface area contributed by atoms with Gasteiger partial charge in [0.05, 0.1) is 6.42 Å². The lowest BCUT2D eigenvalue weighted by Gasteiger charge is -2.28. The van der Waals surface area contributed by atoms with Gasteiger partial charge in [0.25, 0.3) is 0 Å². The summed E-state index contributed by atoms with van der Waals surface area (Å²) in [5, 5.41) is 8.78. The van der Waals surface area contributed by atoms with Gasteiger partial charge >= 0.3 is 0 Å². The number of amides is 1. The van der Waals surface area contributed by atoms with E-state index in [9.17, 15) is 4.79 Å². The normalized spacial score (nSPS) is 12.2. The molecule has 0 bridgehead atoms. The third-order valence-electron chi connectivity index (χ3n) is 3.88. The molecule has 0 heterocycles. The number of anilines is 1. The van der Waals surface area contributed by atoms with Crippen molar-refractivity contribution in [3.05, 3.63) is 65.2 Å². The Morgan fingerprint density at radius 2 is 1.70 bits per heavy atom. The summed E-state index contributed by atoms with van der Waals surface area (Å²) in [7, 11) is 0. The van der Waals surface area contributed by atoms with Gasteiger partial charge in [0.2, 0.25) is 9.70 Å². The fraction of sp³-hybridized carbons (Fsp3) is 0.263. The standard InChI is InChI=1S/C19H20Cl3N3OS/c1-12-8-9-15(10-13(12)2)23-18(27)25-17(19(20,21)22)24-16(26)11-14-6-4-3-5-7-14/h3-10,17H,11H2,1-2H3,(H,24,26)(H2,23,25,27). The number of carbonyl (C=O) groups is 1. The van der Waals surface area contributed by atoms with Crippen molar-refractivity contribution in [3.63, 3.8) is 0 Å². The molecule has 8 heteroatoms. The monoisotopic (exact) mass is 443 g/mol. The Kier molecular flexibility index (Phi) is 7.74. The van der Waals surface area contributed by atoms with E-state index in [1.807, 2.05) is 62.4 Å². The molecule has 1 unspecified atom stereocenters. The number of alkyl halides is 3. The summed E-state index contributed by atoms with van der Waals surface area (Å²) < 4.78 is -1.79. The maximum Gasteiger partial charge on any atom is 0.228 e. The number of rotatable bonds is 5. The quantitative estimate of drug-likeness (QED) is 0.357. The fourth-order valence-electron chi connectivity index (χ4n) is 2.31. The molecule has 0 saturated heterocycles. The van der Waals surface area contributed by atoms with E-state index < -0.39 is 9.96 Å². The molecule has 0 radical (unpaired) electrons. The van der Waals surface area contributed by atoms with E-state index in [2.05, 4.69) is 16.0 Å². The first-order chi connectivity index (χ1) is 12.6. The molecule has 0 aliphatic rings. The number of hydrogen-bond acceptors (Lipinski definition) is 2. The van der Waals surface area contributed by atoms with E-state index in [4.69, 9.17) is 47.0 Å². The van der Waals surface area contributed by atoms with E-state index in [0.29, 0.717) is 0 Å². The molecule has 4 nitrogen and oxygen atoms in total. The number of aryl methyl sites for hydroxylation is 2. The van der Waals surface area contributed by atoms with Gasteiger partial charge < -0.3 is 16.0 Å². The van der Waals surface area contributed by atoms with Gasteiger partial charge in [-0.3, -0.25) is 4.79 Å². The van der Waals surface area contributed by atoms with Crippen LogP contribution in [0.2, 0.25) is 0 Å². The largest absolute Gasteiger partial charge is 0.339 e. The zero-order valence-electron chi connectivity index (χ0n) is 14.9. The fourth-order valence-corrected chi connectivity index (χ4v) is 2.87. The third kappa shape index (κ3) is 7.18. The molecule has 2 aromatic rings. The molecule has 144 valence electrons. The van der Waals surface area contributed by atoms with Crippen LogP contribution in [0, 0.1) is 13.8 Å². The van der Waals surface area contributed by atoms with E-state index in [0.717, 1.165) is 16.8 Å².